The van der Waals surface area contributed by atoms with Crippen molar-refractivity contribution in [1.29, 1.82) is 0 Å². The van der Waals surface area contributed by atoms with E-state index in [4.69, 9.17) is 0 Å². The molecule has 1 aromatic heterocycles. The Morgan fingerprint density at radius 2 is 1.70 bits per heavy atom. The zero-order chi connectivity index (χ0) is 30.8. The highest BCUT2D eigenvalue weighted by atomic mass is 16.2. The van der Waals surface area contributed by atoms with Crippen LogP contribution in [-0.4, -0.2) is 86.1 Å². The minimum atomic E-state index is -0.703. The standard InChI is InChI=1S/C36H44N6O2/c1-25-13-14-33(26(2)19-25)40-15-17-41(18-16-40)36(44)38-32(21-29-22-37-31-11-7-6-10-30(29)31)35(43)42-24-27(23-39(3)4)20-28-9-5-8-12-34(28)42/h5-14,19,22,27,32,37H,15-18,20-21,23-24H2,1-4H3,(H,38,44)/t27-,32-/m1/s1. The van der Waals surface area contributed by atoms with Crippen LogP contribution < -0.4 is 15.1 Å². The van der Waals surface area contributed by atoms with E-state index in [0.29, 0.717) is 32.0 Å². The third kappa shape index (κ3) is 6.31. The summed E-state index contributed by atoms with van der Waals surface area (Å²) >= 11 is 0. The van der Waals surface area contributed by atoms with Crippen LogP contribution in [-0.2, 0) is 17.6 Å². The van der Waals surface area contributed by atoms with Gasteiger partial charge in [-0.2, -0.15) is 0 Å². The lowest BCUT2D eigenvalue weighted by Gasteiger charge is -2.39. The van der Waals surface area contributed by atoms with Gasteiger partial charge in [-0.3, -0.25) is 4.79 Å². The molecular weight excluding hydrogens is 548 g/mol. The van der Waals surface area contributed by atoms with Gasteiger partial charge >= 0.3 is 6.03 Å². The highest BCUT2D eigenvalue weighted by Crippen LogP contribution is 2.31. The molecule has 2 aliphatic heterocycles. The molecule has 0 radical (unpaired) electrons. The maximum Gasteiger partial charge on any atom is 0.318 e. The first kappa shape index (κ1) is 29.8. The molecule has 8 nitrogen and oxygen atoms in total. The number of aromatic nitrogens is 1. The van der Waals surface area contributed by atoms with Crippen LogP contribution in [0.25, 0.3) is 10.9 Å². The number of benzene rings is 3. The molecule has 0 saturated carbocycles. The molecule has 6 rings (SSSR count). The quantitative estimate of drug-likeness (QED) is 0.317. The largest absolute Gasteiger partial charge is 0.368 e. The molecule has 2 atom stereocenters. The smallest absolute Gasteiger partial charge is 0.318 e. The topological polar surface area (TPSA) is 74.9 Å². The number of amides is 3. The van der Waals surface area contributed by atoms with Crippen molar-refractivity contribution in [2.75, 3.05) is 63.2 Å². The third-order valence-electron chi connectivity index (χ3n) is 9.08. The Bertz CT molecular complexity index is 1640. The average molecular weight is 593 g/mol. The number of fused-ring (bicyclic) bond motifs is 2. The Kier molecular flexibility index (Phi) is 8.62. The van der Waals surface area contributed by atoms with Gasteiger partial charge in [0, 0.05) is 74.2 Å². The summed E-state index contributed by atoms with van der Waals surface area (Å²) in [5.41, 5.74) is 7.90. The van der Waals surface area contributed by atoms with Gasteiger partial charge in [0.15, 0.2) is 0 Å². The van der Waals surface area contributed by atoms with E-state index in [9.17, 15) is 9.59 Å². The number of hydrogen-bond donors (Lipinski definition) is 2. The van der Waals surface area contributed by atoms with E-state index in [1.54, 1.807) is 0 Å². The second-order valence-corrected chi connectivity index (χ2v) is 12.7. The minimum Gasteiger partial charge on any atom is -0.368 e. The third-order valence-corrected chi connectivity index (χ3v) is 9.08. The number of H-pyrrole nitrogens is 1. The molecule has 8 heteroatoms. The van der Waals surface area contributed by atoms with Crippen molar-refractivity contribution in [1.82, 2.24) is 20.1 Å². The summed E-state index contributed by atoms with van der Waals surface area (Å²) in [6, 6.07) is 22.0. The molecule has 1 fully saturated rings. The lowest BCUT2D eigenvalue weighted by atomic mass is 9.91. The fourth-order valence-electron chi connectivity index (χ4n) is 6.99. The van der Waals surface area contributed by atoms with Gasteiger partial charge in [-0.25, -0.2) is 4.79 Å². The molecule has 3 aromatic carbocycles. The summed E-state index contributed by atoms with van der Waals surface area (Å²) in [7, 11) is 4.15. The highest BCUT2D eigenvalue weighted by molar-refractivity contribution is 6.00. The Hall–Kier alpha value is -4.30. The van der Waals surface area contributed by atoms with Gasteiger partial charge in [0.05, 0.1) is 0 Å². The van der Waals surface area contributed by atoms with Crippen LogP contribution in [0.1, 0.15) is 22.3 Å². The summed E-state index contributed by atoms with van der Waals surface area (Å²) in [5, 5.41) is 4.27. The van der Waals surface area contributed by atoms with E-state index >= 15 is 0 Å². The van der Waals surface area contributed by atoms with Gasteiger partial charge in [-0.15, -0.1) is 0 Å². The Morgan fingerprint density at radius 3 is 2.48 bits per heavy atom. The molecule has 1 saturated heterocycles. The predicted molar refractivity (Wildman–Crippen MR) is 179 cm³/mol. The Labute approximate surface area is 260 Å². The molecule has 3 heterocycles. The van der Waals surface area contributed by atoms with Gasteiger partial charge in [0.25, 0.3) is 0 Å². The first-order valence-corrected chi connectivity index (χ1v) is 15.7. The number of hydrogen-bond acceptors (Lipinski definition) is 4. The molecule has 3 amide bonds. The Morgan fingerprint density at radius 1 is 0.955 bits per heavy atom. The molecule has 0 bridgehead atoms. The molecule has 0 unspecified atom stereocenters. The second-order valence-electron chi connectivity index (χ2n) is 12.7. The summed E-state index contributed by atoms with van der Waals surface area (Å²) in [4.78, 5) is 40.0. The minimum absolute atomic E-state index is 0.0616. The summed E-state index contributed by atoms with van der Waals surface area (Å²) < 4.78 is 0. The van der Waals surface area contributed by atoms with Crippen molar-refractivity contribution in [3.8, 4) is 0 Å². The van der Waals surface area contributed by atoms with Gasteiger partial charge in [-0.05, 0) is 75.2 Å². The van der Waals surface area contributed by atoms with Crippen molar-refractivity contribution >= 4 is 34.2 Å². The number of para-hydroxylation sites is 2. The van der Waals surface area contributed by atoms with Crippen LogP contribution in [0.3, 0.4) is 0 Å². The van der Waals surface area contributed by atoms with Gasteiger partial charge in [-0.1, -0.05) is 54.1 Å². The van der Waals surface area contributed by atoms with Gasteiger partial charge in [0.1, 0.15) is 6.04 Å². The number of carbonyl (C=O) groups is 2. The van der Waals surface area contributed by atoms with Crippen molar-refractivity contribution in [2.45, 2.75) is 32.7 Å². The van der Waals surface area contributed by atoms with Crippen LogP contribution in [0.4, 0.5) is 16.2 Å². The zero-order valence-corrected chi connectivity index (χ0v) is 26.3. The summed E-state index contributed by atoms with van der Waals surface area (Å²) in [5.74, 6) is 0.250. The zero-order valence-electron chi connectivity index (χ0n) is 26.3. The monoisotopic (exact) mass is 592 g/mol. The lowest BCUT2D eigenvalue weighted by Crippen LogP contribution is -2.58. The number of urea groups is 1. The number of piperazine rings is 1. The number of anilines is 2. The van der Waals surface area contributed by atoms with Gasteiger partial charge in [0.2, 0.25) is 5.91 Å². The average Bonchev–Trinajstić information content (AvgIpc) is 3.42. The molecule has 230 valence electrons. The van der Waals surface area contributed by atoms with Crippen LogP contribution in [0.5, 0.6) is 0 Å². The first-order valence-electron chi connectivity index (χ1n) is 15.7. The number of carbonyl (C=O) groups excluding carboxylic acids is 2. The molecule has 0 aliphatic carbocycles. The molecular formula is C36H44N6O2. The van der Waals surface area contributed by atoms with Crippen molar-refractivity contribution in [2.24, 2.45) is 5.92 Å². The van der Waals surface area contributed by atoms with Crippen LogP contribution in [0.15, 0.2) is 72.9 Å². The highest BCUT2D eigenvalue weighted by Gasteiger charge is 2.35. The summed E-state index contributed by atoms with van der Waals surface area (Å²) in [6.07, 6.45) is 3.31. The molecule has 4 aromatic rings. The predicted octanol–water partition coefficient (Wildman–Crippen LogP) is 4.99. The number of rotatable bonds is 7. The van der Waals surface area contributed by atoms with Crippen molar-refractivity contribution < 1.29 is 9.59 Å². The fraction of sp³-hybridized carbons (Fsp3) is 0.389. The molecule has 2 N–H and O–H groups in total. The molecule has 44 heavy (non-hydrogen) atoms. The van der Waals surface area contributed by atoms with E-state index in [1.807, 2.05) is 52.4 Å². The lowest BCUT2D eigenvalue weighted by molar-refractivity contribution is -0.120. The second kappa shape index (κ2) is 12.7. The first-order chi connectivity index (χ1) is 21.3. The van der Waals surface area contributed by atoms with E-state index < -0.39 is 6.04 Å². The van der Waals surface area contributed by atoms with Crippen LogP contribution in [0.2, 0.25) is 0 Å². The maximum atomic E-state index is 14.5. The van der Waals surface area contributed by atoms with Crippen molar-refractivity contribution in [3.63, 3.8) is 0 Å². The van der Waals surface area contributed by atoms with E-state index in [0.717, 1.165) is 48.2 Å². The normalized spacial score (nSPS) is 17.6. The number of nitrogens with zero attached hydrogens (tertiary/aromatic N) is 4. The summed E-state index contributed by atoms with van der Waals surface area (Å²) in [6.45, 7) is 8.48. The number of aromatic amines is 1. The number of aryl methyl sites for hydroxylation is 2. The molecule has 2 aliphatic rings. The Balaban J connectivity index is 1.23. The van der Waals surface area contributed by atoms with Crippen molar-refractivity contribution in [3.05, 3.63) is 95.2 Å². The van der Waals surface area contributed by atoms with E-state index in [2.05, 4.69) is 78.4 Å². The van der Waals surface area contributed by atoms with Crippen LogP contribution in [0, 0.1) is 19.8 Å². The molecule has 0 spiro atoms. The van der Waals surface area contributed by atoms with Crippen LogP contribution >= 0.6 is 0 Å². The van der Waals surface area contributed by atoms with E-state index in [-0.39, 0.29) is 11.9 Å². The van der Waals surface area contributed by atoms with Gasteiger partial charge < -0.3 is 29.9 Å². The number of nitrogens with one attached hydrogen (secondary N) is 2. The SMILES string of the molecule is Cc1ccc(N2CCN(C(=O)N[C@H](Cc3c[nH]c4ccccc34)C(=O)N3C[C@@H](CN(C)C)Cc4ccccc43)CC2)c(C)c1. The maximum absolute atomic E-state index is 14.5. The fourth-order valence-corrected chi connectivity index (χ4v) is 6.99. The van der Waals surface area contributed by atoms with E-state index in [1.165, 1.54) is 22.4 Å².